The van der Waals surface area contributed by atoms with Gasteiger partial charge >= 0.3 is 5.97 Å². The van der Waals surface area contributed by atoms with Crippen molar-refractivity contribution >= 4 is 11.9 Å². The number of carbonyl (C=O) groups is 2. The topological polar surface area (TPSA) is 75.4 Å². The second-order valence-corrected chi connectivity index (χ2v) is 4.27. The van der Waals surface area contributed by atoms with Crippen LogP contribution in [0.2, 0.25) is 0 Å². The summed E-state index contributed by atoms with van der Waals surface area (Å²) < 4.78 is 1.51. The van der Waals surface area contributed by atoms with Crippen LogP contribution < -0.4 is 0 Å². The van der Waals surface area contributed by atoms with Crippen LogP contribution in [0.1, 0.15) is 23.3 Å². The number of hydrogen-bond donors (Lipinski definition) is 1. The van der Waals surface area contributed by atoms with Crippen molar-refractivity contribution in [1.29, 1.82) is 0 Å². The maximum atomic E-state index is 12.1. The first-order chi connectivity index (χ1) is 8.09. The van der Waals surface area contributed by atoms with Crippen LogP contribution >= 0.6 is 0 Å². The molecule has 1 amide bonds. The monoisotopic (exact) mass is 237 g/mol. The van der Waals surface area contributed by atoms with E-state index in [0.717, 1.165) is 6.42 Å². The molecule has 2 heterocycles. The fourth-order valence-corrected chi connectivity index (χ4v) is 2.11. The van der Waals surface area contributed by atoms with E-state index in [1.807, 2.05) is 0 Å². The first kappa shape index (κ1) is 11.6. The molecular weight excluding hydrogens is 222 g/mol. The van der Waals surface area contributed by atoms with E-state index < -0.39 is 11.9 Å². The Labute approximate surface area is 98.8 Å². The second kappa shape index (κ2) is 4.57. The first-order valence-corrected chi connectivity index (χ1v) is 5.59. The Morgan fingerprint density at radius 3 is 2.88 bits per heavy atom. The van der Waals surface area contributed by atoms with Crippen LogP contribution in [-0.2, 0) is 11.8 Å². The molecule has 1 saturated heterocycles. The van der Waals surface area contributed by atoms with Crippen molar-refractivity contribution in [1.82, 2.24) is 14.7 Å². The molecule has 0 aromatic carbocycles. The molecule has 1 atom stereocenters. The summed E-state index contributed by atoms with van der Waals surface area (Å²) in [6.45, 7) is 0.910. The smallest absolute Gasteiger partial charge is 0.308 e. The zero-order valence-electron chi connectivity index (χ0n) is 9.67. The molecule has 92 valence electrons. The number of aromatic nitrogens is 2. The van der Waals surface area contributed by atoms with Gasteiger partial charge in [0.15, 0.2) is 0 Å². The number of nitrogens with zero attached hydrogens (tertiary/aromatic N) is 3. The molecule has 1 aliphatic rings. The van der Waals surface area contributed by atoms with Crippen LogP contribution in [0.25, 0.3) is 0 Å². The van der Waals surface area contributed by atoms with E-state index in [-0.39, 0.29) is 5.91 Å². The van der Waals surface area contributed by atoms with Gasteiger partial charge < -0.3 is 10.0 Å². The number of aryl methyl sites for hydroxylation is 1. The van der Waals surface area contributed by atoms with E-state index >= 15 is 0 Å². The van der Waals surface area contributed by atoms with Crippen molar-refractivity contribution < 1.29 is 14.7 Å². The second-order valence-electron chi connectivity index (χ2n) is 4.27. The van der Waals surface area contributed by atoms with Gasteiger partial charge in [-0.2, -0.15) is 5.10 Å². The number of carboxylic acids is 1. The molecule has 1 fully saturated rings. The largest absolute Gasteiger partial charge is 0.481 e. The predicted molar refractivity (Wildman–Crippen MR) is 59.5 cm³/mol. The Kier molecular flexibility index (Phi) is 3.12. The van der Waals surface area contributed by atoms with Gasteiger partial charge in [-0.05, 0) is 18.9 Å². The molecule has 0 bridgehead atoms. The minimum atomic E-state index is -0.826. The Morgan fingerprint density at radius 1 is 1.53 bits per heavy atom. The quantitative estimate of drug-likeness (QED) is 0.805. The fourth-order valence-electron chi connectivity index (χ4n) is 2.11. The number of amides is 1. The van der Waals surface area contributed by atoms with Gasteiger partial charge in [0.25, 0.3) is 5.91 Å². The Balaban J connectivity index is 2.10. The van der Waals surface area contributed by atoms with E-state index in [1.54, 1.807) is 24.2 Å². The SMILES string of the molecule is Cn1nccc1C(=O)N1CCC[C@@H](C(=O)O)C1. The average molecular weight is 237 g/mol. The summed E-state index contributed by atoms with van der Waals surface area (Å²) in [6.07, 6.45) is 2.94. The van der Waals surface area contributed by atoms with Crippen LogP contribution in [-0.4, -0.2) is 44.8 Å². The van der Waals surface area contributed by atoms with Crippen molar-refractivity contribution in [3.05, 3.63) is 18.0 Å². The third kappa shape index (κ3) is 2.30. The maximum absolute atomic E-state index is 12.1. The van der Waals surface area contributed by atoms with Crippen molar-refractivity contribution in [2.45, 2.75) is 12.8 Å². The van der Waals surface area contributed by atoms with Gasteiger partial charge in [0.2, 0.25) is 0 Å². The number of piperidine rings is 1. The lowest BCUT2D eigenvalue weighted by molar-refractivity contribution is -0.143. The normalized spacial score (nSPS) is 20.3. The minimum absolute atomic E-state index is 0.143. The van der Waals surface area contributed by atoms with E-state index in [2.05, 4.69) is 5.10 Å². The number of likely N-dealkylation sites (tertiary alicyclic amines) is 1. The van der Waals surface area contributed by atoms with Crippen LogP contribution in [0.4, 0.5) is 0 Å². The Hall–Kier alpha value is -1.85. The summed E-state index contributed by atoms with van der Waals surface area (Å²) in [5.41, 5.74) is 0.496. The molecule has 0 aliphatic carbocycles. The third-order valence-electron chi connectivity index (χ3n) is 3.10. The summed E-state index contributed by atoms with van der Waals surface area (Å²) in [5.74, 6) is -1.41. The molecule has 0 unspecified atom stereocenters. The molecule has 2 rings (SSSR count). The van der Waals surface area contributed by atoms with Crippen molar-refractivity contribution in [3.63, 3.8) is 0 Å². The number of aliphatic carboxylic acids is 1. The summed E-state index contributed by atoms with van der Waals surface area (Å²) >= 11 is 0. The number of hydrogen-bond acceptors (Lipinski definition) is 3. The zero-order valence-corrected chi connectivity index (χ0v) is 9.67. The molecule has 1 aromatic heterocycles. The van der Waals surface area contributed by atoms with E-state index in [4.69, 9.17) is 5.11 Å². The summed E-state index contributed by atoms with van der Waals surface area (Å²) in [7, 11) is 1.70. The van der Waals surface area contributed by atoms with E-state index in [9.17, 15) is 9.59 Å². The van der Waals surface area contributed by atoms with Crippen LogP contribution in [0.15, 0.2) is 12.3 Å². The van der Waals surface area contributed by atoms with Gasteiger partial charge in [0.05, 0.1) is 5.92 Å². The zero-order chi connectivity index (χ0) is 12.4. The van der Waals surface area contributed by atoms with Crippen molar-refractivity contribution in [2.75, 3.05) is 13.1 Å². The molecule has 17 heavy (non-hydrogen) atoms. The fraction of sp³-hybridized carbons (Fsp3) is 0.545. The van der Waals surface area contributed by atoms with Gasteiger partial charge in [-0.25, -0.2) is 0 Å². The molecule has 0 spiro atoms. The van der Waals surface area contributed by atoms with Crippen LogP contribution in [0, 0.1) is 5.92 Å². The lowest BCUT2D eigenvalue weighted by Crippen LogP contribution is -2.42. The summed E-state index contributed by atoms with van der Waals surface area (Å²) in [4.78, 5) is 24.6. The number of carboxylic acid groups (broad SMARTS) is 1. The lowest BCUT2D eigenvalue weighted by Gasteiger charge is -2.30. The maximum Gasteiger partial charge on any atom is 0.308 e. The summed E-state index contributed by atoms with van der Waals surface area (Å²) in [6, 6.07) is 1.65. The van der Waals surface area contributed by atoms with E-state index in [1.165, 1.54) is 4.68 Å². The molecule has 0 radical (unpaired) electrons. The first-order valence-electron chi connectivity index (χ1n) is 5.59. The number of carbonyl (C=O) groups excluding carboxylic acids is 1. The van der Waals surface area contributed by atoms with Crippen LogP contribution in [0.3, 0.4) is 0 Å². The predicted octanol–water partition coefficient (Wildman–Crippen LogP) is 0.357. The molecule has 1 aromatic rings. The third-order valence-corrected chi connectivity index (χ3v) is 3.10. The van der Waals surface area contributed by atoms with Gasteiger partial charge in [-0.3, -0.25) is 14.3 Å². The highest BCUT2D eigenvalue weighted by Gasteiger charge is 2.29. The standard InChI is InChI=1S/C11H15N3O3/c1-13-9(4-5-12-13)10(15)14-6-2-3-8(7-14)11(16)17/h4-5,8H,2-3,6-7H2,1H3,(H,16,17)/t8-/m1/s1. The molecule has 1 N–H and O–H groups in total. The van der Waals surface area contributed by atoms with Crippen molar-refractivity contribution in [3.8, 4) is 0 Å². The van der Waals surface area contributed by atoms with Crippen molar-refractivity contribution in [2.24, 2.45) is 13.0 Å². The van der Waals surface area contributed by atoms with E-state index in [0.29, 0.717) is 25.2 Å². The average Bonchev–Trinajstić information content (AvgIpc) is 2.74. The Morgan fingerprint density at radius 2 is 2.29 bits per heavy atom. The Bertz CT molecular complexity index is 441. The molecule has 1 aliphatic heterocycles. The molecular formula is C11H15N3O3. The van der Waals surface area contributed by atoms with Gasteiger partial charge in [-0.1, -0.05) is 0 Å². The highest BCUT2D eigenvalue weighted by molar-refractivity contribution is 5.92. The van der Waals surface area contributed by atoms with Gasteiger partial charge in [0.1, 0.15) is 5.69 Å². The molecule has 6 nitrogen and oxygen atoms in total. The van der Waals surface area contributed by atoms with Gasteiger partial charge in [-0.15, -0.1) is 0 Å². The van der Waals surface area contributed by atoms with Gasteiger partial charge in [0, 0.05) is 26.3 Å². The lowest BCUT2D eigenvalue weighted by atomic mass is 9.98. The molecule has 0 saturated carbocycles. The highest BCUT2D eigenvalue weighted by atomic mass is 16.4. The minimum Gasteiger partial charge on any atom is -0.481 e. The highest BCUT2D eigenvalue weighted by Crippen LogP contribution is 2.18. The van der Waals surface area contributed by atoms with Crippen LogP contribution in [0.5, 0.6) is 0 Å². The summed E-state index contributed by atoms with van der Waals surface area (Å²) in [5, 5.41) is 12.9. The number of rotatable bonds is 2. The molecule has 6 heteroatoms.